The van der Waals surface area contributed by atoms with Crippen LogP contribution in [0.3, 0.4) is 0 Å². The summed E-state index contributed by atoms with van der Waals surface area (Å²) in [7, 11) is -3.62. The molecule has 35 heavy (non-hydrogen) atoms. The molecule has 11 heteroatoms. The Morgan fingerprint density at radius 3 is 2.06 bits per heavy atom. The first-order chi connectivity index (χ1) is 16.4. The molecule has 0 radical (unpaired) electrons. The van der Waals surface area contributed by atoms with Crippen LogP contribution in [-0.4, -0.2) is 44.9 Å². The van der Waals surface area contributed by atoms with E-state index >= 15 is 0 Å². The summed E-state index contributed by atoms with van der Waals surface area (Å²) in [5.74, 6) is -0.605. The van der Waals surface area contributed by atoms with Gasteiger partial charge in [-0.25, -0.2) is 12.8 Å². The van der Waals surface area contributed by atoms with E-state index < -0.39 is 38.3 Å². The van der Waals surface area contributed by atoms with Crippen LogP contribution in [0.4, 0.5) is 17.6 Å². The fourth-order valence-corrected chi connectivity index (χ4v) is 7.29. The van der Waals surface area contributed by atoms with E-state index in [-0.39, 0.29) is 42.2 Å². The third-order valence-electron chi connectivity index (χ3n) is 8.03. The Labute approximate surface area is 202 Å². The van der Waals surface area contributed by atoms with Gasteiger partial charge in [-0.15, -0.1) is 0 Å². The summed E-state index contributed by atoms with van der Waals surface area (Å²) >= 11 is 0. The Balaban J connectivity index is 1.37. The average molecular weight is 519 g/mol. The van der Waals surface area contributed by atoms with Gasteiger partial charge in [0.15, 0.2) is 9.84 Å². The molecule has 4 aliphatic carbocycles. The first-order valence-corrected chi connectivity index (χ1v) is 13.4. The fraction of sp³-hybridized carbons (Fsp3) is 0.625. The third-order valence-corrected chi connectivity index (χ3v) is 10.0. The minimum Gasteiger partial charge on any atom is -0.489 e. The van der Waals surface area contributed by atoms with Gasteiger partial charge < -0.3 is 15.8 Å². The van der Waals surface area contributed by atoms with Gasteiger partial charge in [-0.1, -0.05) is 0 Å². The highest BCUT2D eigenvalue weighted by atomic mass is 32.2. The zero-order chi connectivity index (χ0) is 25.5. The summed E-state index contributed by atoms with van der Waals surface area (Å²) in [6, 6.07) is 5.91. The number of nitrogens with two attached hydrogens (primary N) is 1. The van der Waals surface area contributed by atoms with E-state index in [9.17, 15) is 30.8 Å². The van der Waals surface area contributed by atoms with E-state index in [1.165, 1.54) is 24.3 Å². The van der Waals surface area contributed by atoms with Gasteiger partial charge in [-0.05, 0) is 81.0 Å². The summed E-state index contributed by atoms with van der Waals surface area (Å²) in [4.78, 5) is 12.6. The number of nitrogens with one attached hydrogen (secondary N) is 1. The van der Waals surface area contributed by atoms with Crippen molar-refractivity contribution in [3.05, 3.63) is 36.2 Å². The summed E-state index contributed by atoms with van der Waals surface area (Å²) in [5, 5.41) is 2.72. The van der Waals surface area contributed by atoms with Gasteiger partial charge in [0, 0.05) is 17.7 Å². The minimum absolute atomic E-state index is 0.0131. The van der Waals surface area contributed by atoms with Gasteiger partial charge in [0.2, 0.25) is 5.91 Å². The second kappa shape index (κ2) is 9.06. The molecule has 0 heterocycles. The number of carbonyl (C=O) groups excluding carboxylic acids is 1. The molecule has 0 atom stereocenters. The summed E-state index contributed by atoms with van der Waals surface area (Å²) < 4.78 is 84.3. The molecule has 0 saturated heterocycles. The molecule has 0 aliphatic heterocycles. The second-order valence-electron chi connectivity index (χ2n) is 10.3. The lowest BCUT2D eigenvalue weighted by Gasteiger charge is -2.53. The number of carbonyl (C=O) groups is 1. The van der Waals surface area contributed by atoms with E-state index in [1.807, 2.05) is 0 Å². The van der Waals surface area contributed by atoms with E-state index in [0.29, 0.717) is 50.6 Å². The Bertz CT molecular complexity index is 1070. The molecule has 2 bridgehead atoms. The predicted octanol–water partition coefficient (Wildman–Crippen LogP) is 4.20. The Hall–Kier alpha value is -2.14. The maximum Gasteiger partial charge on any atom is 0.403 e. The molecule has 5 rings (SSSR count). The molecule has 194 valence electrons. The first kappa shape index (κ1) is 25.9. The number of alkyl halides is 3. The van der Waals surface area contributed by atoms with Crippen molar-refractivity contribution in [1.82, 2.24) is 5.32 Å². The van der Waals surface area contributed by atoms with Crippen molar-refractivity contribution in [1.29, 1.82) is 0 Å². The number of amides is 1. The van der Waals surface area contributed by atoms with Crippen LogP contribution in [0.1, 0.15) is 51.4 Å². The van der Waals surface area contributed by atoms with Crippen LogP contribution in [-0.2, 0) is 14.6 Å². The van der Waals surface area contributed by atoms with E-state index in [4.69, 9.17) is 10.5 Å². The third kappa shape index (κ3) is 5.07. The van der Waals surface area contributed by atoms with Crippen molar-refractivity contribution >= 4 is 15.7 Å². The number of hydrogen-bond acceptors (Lipinski definition) is 5. The van der Waals surface area contributed by atoms with Gasteiger partial charge in [0.1, 0.15) is 17.8 Å². The van der Waals surface area contributed by atoms with Crippen LogP contribution in [0.15, 0.2) is 41.1 Å². The monoisotopic (exact) mass is 518 g/mol. The lowest BCUT2D eigenvalue weighted by molar-refractivity contribution is -0.194. The fourth-order valence-electron chi connectivity index (χ4n) is 5.33. The van der Waals surface area contributed by atoms with E-state index in [1.54, 1.807) is 0 Å². The molecule has 4 fully saturated rings. The molecule has 4 saturated carbocycles. The topological polar surface area (TPSA) is 98.5 Å². The zero-order valence-electron chi connectivity index (χ0n) is 19.3. The SMILES string of the molecule is NCC(=CF)COc1ccc(S(=O)(=O)CC23CCC(NC(=O)C4(C(F)(F)F)CC4)(CC2)CC3)cc1. The van der Waals surface area contributed by atoms with Gasteiger partial charge in [-0.2, -0.15) is 13.2 Å². The van der Waals surface area contributed by atoms with Crippen molar-refractivity contribution in [2.75, 3.05) is 18.9 Å². The molecular formula is C24H30F4N2O4S. The molecule has 4 aliphatic rings. The maximum atomic E-state index is 13.3. The van der Waals surface area contributed by atoms with Crippen molar-refractivity contribution in [3.63, 3.8) is 0 Å². The standard InChI is InChI=1S/C24H30F4N2O4S/c25-13-17(14-29)15-34-18-1-3-19(4-2-18)35(32,33)16-21-5-8-22(9-6-21,10-7-21)30-20(31)23(11-12-23)24(26,27)28/h1-4,13H,5-12,14-16,29H2,(H,30,31). The first-order valence-electron chi connectivity index (χ1n) is 11.7. The highest BCUT2D eigenvalue weighted by Gasteiger charge is 2.69. The van der Waals surface area contributed by atoms with Crippen molar-refractivity contribution < 1.29 is 35.5 Å². The summed E-state index contributed by atoms with van der Waals surface area (Å²) in [6.07, 6.45) is -1.50. The van der Waals surface area contributed by atoms with Crippen LogP contribution < -0.4 is 15.8 Å². The lowest BCUT2D eigenvalue weighted by atomic mass is 9.58. The second-order valence-corrected chi connectivity index (χ2v) is 12.3. The van der Waals surface area contributed by atoms with Crippen LogP contribution in [0.2, 0.25) is 0 Å². The summed E-state index contributed by atoms with van der Waals surface area (Å²) in [6.45, 7) is -0.0240. The number of fused-ring (bicyclic) bond motifs is 3. The van der Waals surface area contributed by atoms with E-state index in [0.717, 1.165) is 0 Å². The molecule has 0 unspecified atom stereocenters. The molecule has 1 amide bonds. The predicted molar refractivity (Wildman–Crippen MR) is 121 cm³/mol. The minimum atomic E-state index is -4.55. The quantitative estimate of drug-likeness (QED) is 0.478. The van der Waals surface area contributed by atoms with Crippen LogP contribution in [0, 0.1) is 10.8 Å². The molecule has 0 aromatic heterocycles. The smallest absolute Gasteiger partial charge is 0.403 e. The number of hydrogen-bond donors (Lipinski definition) is 2. The average Bonchev–Trinajstić information content (AvgIpc) is 3.64. The number of ether oxygens (including phenoxy) is 1. The molecule has 6 nitrogen and oxygen atoms in total. The van der Waals surface area contributed by atoms with Gasteiger partial charge in [0.05, 0.1) is 17.0 Å². The summed E-state index contributed by atoms with van der Waals surface area (Å²) in [5.41, 5.74) is 2.27. The van der Waals surface area contributed by atoms with Gasteiger partial charge >= 0.3 is 6.18 Å². The largest absolute Gasteiger partial charge is 0.489 e. The normalized spacial score (nSPS) is 28.0. The number of rotatable bonds is 9. The highest BCUT2D eigenvalue weighted by molar-refractivity contribution is 7.91. The molecule has 1 aromatic rings. The van der Waals surface area contributed by atoms with Crippen molar-refractivity contribution in [3.8, 4) is 5.75 Å². The molecule has 1 aromatic carbocycles. The molecule has 0 spiro atoms. The van der Waals surface area contributed by atoms with Crippen LogP contribution in [0.25, 0.3) is 0 Å². The number of benzene rings is 1. The Morgan fingerprint density at radius 2 is 1.60 bits per heavy atom. The Kier molecular flexibility index (Phi) is 6.72. The number of halogens is 4. The highest BCUT2D eigenvalue weighted by Crippen LogP contribution is 2.59. The van der Waals surface area contributed by atoms with Gasteiger partial charge in [0.25, 0.3) is 0 Å². The molecular weight excluding hydrogens is 488 g/mol. The van der Waals surface area contributed by atoms with Crippen LogP contribution in [0.5, 0.6) is 5.75 Å². The van der Waals surface area contributed by atoms with E-state index in [2.05, 4.69) is 5.32 Å². The zero-order valence-corrected chi connectivity index (χ0v) is 20.1. The van der Waals surface area contributed by atoms with Crippen molar-refractivity contribution in [2.24, 2.45) is 16.6 Å². The molecule has 3 N–H and O–H groups in total. The van der Waals surface area contributed by atoms with Crippen molar-refractivity contribution in [2.45, 2.75) is 68.0 Å². The van der Waals surface area contributed by atoms with Crippen LogP contribution >= 0.6 is 0 Å². The lowest BCUT2D eigenvalue weighted by Crippen LogP contribution is -2.60. The number of sulfone groups is 1. The van der Waals surface area contributed by atoms with Gasteiger partial charge in [-0.3, -0.25) is 4.79 Å². The Morgan fingerprint density at radius 1 is 1.03 bits per heavy atom. The maximum absolute atomic E-state index is 13.3.